The Kier molecular flexibility index (Phi) is 3.25. The number of nitrogen functional groups attached to an aromatic ring is 1. The van der Waals surface area contributed by atoms with Crippen LogP contribution in [0.1, 0.15) is 15.9 Å². The summed E-state index contributed by atoms with van der Waals surface area (Å²) in [7, 11) is 0. The van der Waals surface area contributed by atoms with Crippen LogP contribution in [0.5, 0.6) is 5.75 Å². The largest absolute Gasteiger partial charge is 0.477 e. The van der Waals surface area contributed by atoms with E-state index in [1.165, 1.54) is 0 Å². The number of benzene rings is 1. The molecular formula is C9H6F2N2O3. The molecule has 0 radical (unpaired) electrons. The van der Waals surface area contributed by atoms with E-state index in [2.05, 4.69) is 4.74 Å². The number of ether oxygens (including phenoxy) is 1. The monoisotopic (exact) mass is 228 g/mol. The molecule has 0 aliphatic carbocycles. The van der Waals surface area contributed by atoms with E-state index in [0.29, 0.717) is 0 Å². The highest BCUT2D eigenvalue weighted by atomic mass is 19.3. The number of halogens is 2. The Balaban J connectivity index is 3.36. The zero-order valence-corrected chi connectivity index (χ0v) is 7.78. The number of nitrogens with zero attached hydrogens (tertiary/aromatic N) is 1. The van der Waals surface area contributed by atoms with Crippen LogP contribution >= 0.6 is 0 Å². The van der Waals surface area contributed by atoms with Gasteiger partial charge in [0.25, 0.3) is 0 Å². The summed E-state index contributed by atoms with van der Waals surface area (Å²) < 4.78 is 27.9. The molecule has 0 aromatic heterocycles. The van der Waals surface area contributed by atoms with Gasteiger partial charge in [0.2, 0.25) is 0 Å². The average molecular weight is 228 g/mol. The van der Waals surface area contributed by atoms with E-state index in [1.54, 1.807) is 6.07 Å². The molecule has 0 fully saturated rings. The number of anilines is 1. The van der Waals surface area contributed by atoms with Crippen molar-refractivity contribution in [3.63, 3.8) is 0 Å². The Morgan fingerprint density at radius 3 is 2.62 bits per heavy atom. The third-order valence-corrected chi connectivity index (χ3v) is 1.76. The standard InChI is InChI=1S/C9H6F2N2O3/c10-9(11)16-5-2-1-4(3-12)7(13)6(5)8(14)15/h1-2,9H,13H2,(H,14,15). The van der Waals surface area contributed by atoms with E-state index in [-0.39, 0.29) is 5.56 Å². The lowest BCUT2D eigenvalue weighted by molar-refractivity contribution is -0.0502. The summed E-state index contributed by atoms with van der Waals surface area (Å²) in [5.74, 6) is -2.11. The average Bonchev–Trinajstić information content (AvgIpc) is 2.16. The Hall–Kier alpha value is -2.36. The maximum absolute atomic E-state index is 12.0. The molecule has 0 unspecified atom stereocenters. The molecule has 1 aromatic carbocycles. The molecule has 0 aliphatic rings. The highest BCUT2D eigenvalue weighted by molar-refractivity contribution is 5.98. The van der Waals surface area contributed by atoms with Gasteiger partial charge in [-0.15, -0.1) is 0 Å². The van der Waals surface area contributed by atoms with Crippen LogP contribution in [-0.4, -0.2) is 17.7 Å². The molecule has 16 heavy (non-hydrogen) atoms. The number of carboxylic acids is 1. The summed E-state index contributed by atoms with van der Waals surface area (Å²) >= 11 is 0. The third-order valence-electron chi connectivity index (χ3n) is 1.76. The van der Waals surface area contributed by atoms with Crippen molar-refractivity contribution in [2.45, 2.75) is 6.61 Å². The molecule has 0 atom stereocenters. The van der Waals surface area contributed by atoms with Gasteiger partial charge < -0.3 is 15.6 Å². The quantitative estimate of drug-likeness (QED) is 0.763. The second-order valence-electron chi connectivity index (χ2n) is 2.70. The van der Waals surface area contributed by atoms with Gasteiger partial charge in [0.1, 0.15) is 17.4 Å². The summed E-state index contributed by atoms with van der Waals surface area (Å²) in [6, 6.07) is 3.71. The molecule has 0 heterocycles. The zero-order chi connectivity index (χ0) is 12.3. The van der Waals surface area contributed by atoms with Crippen molar-refractivity contribution in [2.75, 3.05) is 5.73 Å². The summed E-state index contributed by atoms with van der Waals surface area (Å²) in [5, 5.41) is 17.4. The number of hydrogen-bond acceptors (Lipinski definition) is 4. The molecule has 0 amide bonds. The lowest BCUT2D eigenvalue weighted by Crippen LogP contribution is -2.11. The fraction of sp³-hybridized carbons (Fsp3) is 0.111. The van der Waals surface area contributed by atoms with Crippen molar-refractivity contribution >= 4 is 11.7 Å². The predicted octanol–water partition coefficient (Wildman–Crippen LogP) is 1.44. The van der Waals surface area contributed by atoms with E-state index in [0.717, 1.165) is 12.1 Å². The number of aromatic carboxylic acids is 1. The summed E-state index contributed by atoms with van der Waals surface area (Å²) in [6.07, 6.45) is 0. The Labute approximate surface area is 88.7 Å². The number of carboxylic acid groups (broad SMARTS) is 1. The van der Waals surface area contributed by atoms with Crippen molar-refractivity contribution in [1.29, 1.82) is 5.26 Å². The van der Waals surface area contributed by atoms with Crippen LogP contribution in [0.15, 0.2) is 12.1 Å². The normalized spacial score (nSPS) is 9.88. The number of carbonyl (C=O) groups is 1. The molecule has 0 spiro atoms. The summed E-state index contributed by atoms with van der Waals surface area (Å²) in [4.78, 5) is 10.8. The van der Waals surface area contributed by atoms with E-state index < -0.39 is 29.6 Å². The first-order valence-electron chi connectivity index (χ1n) is 3.98. The van der Waals surface area contributed by atoms with Crippen LogP contribution in [0.25, 0.3) is 0 Å². The van der Waals surface area contributed by atoms with Crippen molar-refractivity contribution in [3.05, 3.63) is 23.3 Å². The maximum atomic E-state index is 12.0. The van der Waals surface area contributed by atoms with Gasteiger partial charge in [-0.05, 0) is 12.1 Å². The fourth-order valence-electron chi connectivity index (χ4n) is 1.11. The van der Waals surface area contributed by atoms with Crippen molar-refractivity contribution in [2.24, 2.45) is 0 Å². The molecule has 1 rings (SSSR count). The molecule has 0 bridgehead atoms. The second kappa shape index (κ2) is 4.44. The molecule has 7 heteroatoms. The molecule has 0 aliphatic heterocycles. The van der Waals surface area contributed by atoms with Crippen LogP contribution < -0.4 is 10.5 Å². The summed E-state index contributed by atoms with van der Waals surface area (Å²) in [6.45, 7) is -3.16. The van der Waals surface area contributed by atoms with Gasteiger partial charge in [-0.25, -0.2) is 4.79 Å². The van der Waals surface area contributed by atoms with Crippen LogP contribution in [0, 0.1) is 11.3 Å². The minimum Gasteiger partial charge on any atom is -0.477 e. The number of alkyl halides is 2. The smallest absolute Gasteiger partial charge is 0.387 e. The second-order valence-corrected chi connectivity index (χ2v) is 2.70. The lowest BCUT2D eigenvalue weighted by atomic mass is 10.1. The van der Waals surface area contributed by atoms with Gasteiger partial charge in [-0.2, -0.15) is 14.0 Å². The molecule has 3 N–H and O–H groups in total. The first kappa shape index (κ1) is 11.7. The molecule has 0 saturated heterocycles. The van der Waals surface area contributed by atoms with Crippen LogP contribution in [0.2, 0.25) is 0 Å². The first-order chi connectivity index (χ1) is 7.47. The highest BCUT2D eigenvalue weighted by Crippen LogP contribution is 2.28. The summed E-state index contributed by atoms with van der Waals surface area (Å²) in [5.41, 5.74) is 4.20. The molecule has 0 saturated carbocycles. The van der Waals surface area contributed by atoms with Crippen LogP contribution in [0.4, 0.5) is 14.5 Å². The SMILES string of the molecule is N#Cc1ccc(OC(F)F)c(C(=O)O)c1N. The maximum Gasteiger partial charge on any atom is 0.387 e. The predicted molar refractivity (Wildman–Crippen MR) is 49.2 cm³/mol. The topological polar surface area (TPSA) is 96.3 Å². The van der Waals surface area contributed by atoms with Gasteiger partial charge in [0.15, 0.2) is 0 Å². The van der Waals surface area contributed by atoms with E-state index in [1.807, 2.05) is 0 Å². The Bertz CT molecular complexity index is 469. The third kappa shape index (κ3) is 2.17. The molecule has 1 aromatic rings. The van der Waals surface area contributed by atoms with Gasteiger partial charge in [0, 0.05) is 0 Å². The highest BCUT2D eigenvalue weighted by Gasteiger charge is 2.20. The van der Waals surface area contributed by atoms with Gasteiger partial charge in [-0.1, -0.05) is 0 Å². The minimum atomic E-state index is -3.16. The van der Waals surface area contributed by atoms with E-state index in [4.69, 9.17) is 16.1 Å². The van der Waals surface area contributed by atoms with E-state index >= 15 is 0 Å². The minimum absolute atomic E-state index is 0.112. The number of rotatable bonds is 3. The van der Waals surface area contributed by atoms with Crippen molar-refractivity contribution in [1.82, 2.24) is 0 Å². The van der Waals surface area contributed by atoms with E-state index in [9.17, 15) is 13.6 Å². The molecule has 84 valence electrons. The Morgan fingerprint density at radius 1 is 1.56 bits per heavy atom. The molecular weight excluding hydrogens is 222 g/mol. The van der Waals surface area contributed by atoms with Crippen molar-refractivity contribution < 1.29 is 23.4 Å². The van der Waals surface area contributed by atoms with Crippen LogP contribution in [0.3, 0.4) is 0 Å². The fourth-order valence-corrected chi connectivity index (χ4v) is 1.11. The zero-order valence-electron chi connectivity index (χ0n) is 7.78. The first-order valence-corrected chi connectivity index (χ1v) is 3.98. The number of hydrogen-bond donors (Lipinski definition) is 2. The van der Waals surface area contributed by atoms with Gasteiger partial charge in [0.05, 0.1) is 11.3 Å². The van der Waals surface area contributed by atoms with Gasteiger partial charge in [-0.3, -0.25) is 0 Å². The lowest BCUT2D eigenvalue weighted by Gasteiger charge is -2.10. The van der Waals surface area contributed by atoms with Crippen LogP contribution in [-0.2, 0) is 0 Å². The number of nitriles is 1. The number of nitrogens with two attached hydrogens (primary N) is 1. The van der Waals surface area contributed by atoms with Gasteiger partial charge >= 0.3 is 12.6 Å². The Morgan fingerprint density at radius 2 is 2.19 bits per heavy atom. The van der Waals surface area contributed by atoms with Crippen molar-refractivity contribution in [3.8, 4) is 11.8 Å². The molecule has 5 nitrogen and oxygen atoms in total.